The van der Waals surface area contributed by atoms with E-state index in [2.05, 4.69) is 0 Å². The lowest BCUT2D eigenvalue weighted by Gasteiger charge is -2.31. The minimum Gasteiger partial charge on any atom is -0.444 e. The van der Waals surface area contributed by atoms with Crippen molar-refractivity contribution in [2.24, 2.45) is 11.7 Å². The second-order valence-electron chi connectivity index (χ2n) is 5.65. The summed E-state index contributed by atoms with van der Waals surface area (Å²) in [5.41, 5.74) is 5.07. The molecule has 1 saturated carbocycles. The summed E-state index contributed by atoms with van der Waals surface area (Å²) in [6.07, 6.45) is 2.44. The zero-order chi connectivity index (χ0) is 13.2. The van der Waals surface area contributed by atoms with Crippen LogP contribution in [0.25, 0.3) is 0 Å². The Labute approximate surface area is 103 Å². The molecule has 98 valence electrons. The van der Waals surface area contributed by atoms with Crippen LogP contribution in [0.5, 0.6) is 0 Å². The van der Waals surface area contributed by atoms with Crippen LogP contribution in [-0.4, -0.2) is 35.5 Å². The van der Waals surface area contributed by atoms with E-state index >= 15 is 0 Å². The Morgan fingerprint density at radius 2 is 2.00 bits per heavy atom. The summed E-state index contributed by atoms with van der Waals surface area (Å²) < 4.78 is 5.32. The van der Waals surface area contributed by atoms with Gasteiger partial charge in [0.15, 0.2) is 0 Å². The third-order valence-corrected chi connectivity index (χ3v) is 3.06. The molecule has 0 radical (unpaired) electrons. The van der Waals surface area contributed by atoms with Gasteiger partial charge >= 0.3 is 6.09 Å². The molecular formula is C12H23N3O2. The first-order chi connectivity index (χ1) is 7.72. The monoisotopic (exact) mass is 241 g/mol. The van der Waals surface area contributed by atoms with Crippen LogP contribution >= 0.6 is 0 Å². The highest BCUT2D eigenvalue weighted by atomic mass is 16.6. The number of hydrogen-bond acceptors (Lipinski definition) is 3. The summed E-state index contributed by atoms with van der Waals surface area (Å²) in [6.45, 7) is 5.53. The van der Waals surface area contributed by atoms with E-state index in [9.17, 15) is 4.79 Å². The molecule has 0 aromatic rings. The van der Waals surface area contributed by atoms with E-state index in [4.69, 9.17) is 15.9 Å². The lowest BCUT2D eigenvalue weighted by molar-refractivity contribution is 0.0209. The predicted molar refractivity (Wildman–Crippen MR) is 67.0 cm³/mol. The van der Waals surface area contributed by atoms with Crippen molar-refractivity contribution >= 4 is 11.9 Å². The molecule has 1 fully saturated rings. The first kappa shape index (κ1) is 13.8. The van der Waals surface area contributed by atoms with Crippen molar-refractivity contribution in [3.05, 3.63) is 0 Å². The average Bonchev–Trinajstić information content (AvgIpc) is 2.61. The van der Waals surface area contributed by atoms with Crippen molar-refractivity contribution in [3.8, 4) is 0 Å². The van der Waals surface area contributed by atoms with E-state index in [-0.39, 0.29) is 23.9 Å². The standard InChI is InChI=1S/C12H23N3O2/c1-12(2,3)17-11(16)15(4)9-7-5-6-8(9)10(13)14/h8-9H,5-7H2,1-4H3,(H3,13,14). The maximum Gasteiger partial charge on any atom is 0.410 e. The second kappa shape index (κ2) is 4.94. The first-order valence-electron chi connectivity index (χ1n) is 6.02. The van der Waals surface area contributed by atoms with Gasteiger partial charge in [0.05, 0.1) is 5.84 Å². The Kier molecular flexibility index (Phi) is 4.01. The van der Waals surface area contributed by atoms with E-state index in [1.54, 1.807) is 11.9 Å². The highest BCUT2D eigenvalue weighted by Crippen LogP contribution is 2.30. The normalized spacial score (nSPS) is 24.5. The fraction of sp³-hybridized carbons (Fsp3) is 0.833. The molecule has 0 saturated heterocycles. The van der Waals surface area contributed by atoms with Crippen molar-refractivity contribution in [1.29, 1.82) is 5.41 Å². The fourth-order valence-corrected chi connectivity index (χ4v) is 2.24. The number of nitrogens with zero attached hydrogens (tertiary/aromatic N) is 1. The summed E-state index contributed by atoms with van der Waals surface area (Å²) in [5, 5.41) is 7.54. The minimum absolute atomic E-state index is 0.00218. The van der Waals surface area contributed by atoms with Crippen molar-refractivity contribution < 1.29 is 9.53 Å². The SMILES string of the molecule is CN(C(=O)OC(C)(C)C)C1CCCC1C(=N)N. The Morgan fingerprint density at radius 3 is 2.47 bits per heavy atom. The minimum atomic E-state index is -0.490. The lowest BCUT2D eigenvalue weighted by Crippen LogP contribution is -2.45. The van der Waals surface area contributed by atoms with Crippen LogP contribution in [0.3, 0.4) is 0 Å². The third-order valence-electron chi connectivity index (χ3n) is 3.06. The number of carbonyl (C=O) groups is 1. The molecule has 5 nitrogen and oxygen atoms in total. The summed E-state index contributed by atoms with van der Waals surface area (Å²) >= 11 is 0. The number of ether oxygens (including phenoxy) is 1. The van der Waals surface area contributed by atoms with E-state index in [1.165, 1.54) is 0 Å². The number of hydrogen-bond donors (Lipinski definition) is 2. The maximum atomic E-state index is 11.9. The number of nitrogens with two attached hydrogens (primary N) is 1. The Morgan fingerprint density at radius 1 is 1.41 bits per heavy atom. The van der Waals surface area contributed by atoms with E-state index in [1.807, 2.05) is 20.8 Å². The number of carbonyl (C=O) groups excluding carboxylic acids is 1. The van der Waals surface area contributed by atoms with Gasteiger partial charge in [-0.3, -0.25) is 5.41 Å². The quantitative estimate of drug-likeness (QED) is 0.573. The fourth-order valence-electron chi connectivity index (χ4n) is 2.24. The van der Waals surface area contributed by atoms with Crippen molar-refractivity contribution in [3.63, 3.8) is 0 Å². The molecule has 1 amide bonds. The second-order valence-corrected chi connectivity index (χ2v) is 5.65. The number of amidine groups is 1. The summed E-state index contributed by atoms with van der Waals surface area (Å²) in [5.74, 6) is 0.149. The van der Waals surface area contributed by atoms with Crippen LogP contribution in [0, 0.1) is 11.3 Å². The molecular weight excluding hydrogens is 218 g/mol. The van der Waals surface area contributed by atoms with Crippen LogP contribution < -0.4 is 5.73 Å². The third kappa shape index (κ3) is 3.61. The molecule has 0 aliphatic heterocycles. The van der Waals surface area contributed by atoms with Gasteiger partial charge in [-0.15, -0.1) is 0 Å². The van der Waals surface area contributed by atoms with Gasteiger partial charge in [-0.2, -0.15) is 0 Å². The molecule has 0 spiro atoms. The highest BCUT2D eigenvalue weighted by Gasteiger charge is 2.36. The van der Waals surface area contributed by atoms with Crippen molar-refractivity contribution in [2.75, 3.05) is 7.05 Å². The molecule has 2 atom stereocenters. The molecule has 0 aromatic heterocycles. The molecule has 3 N–H and O–H groups in total. The molecule has 0 heterocycles. The smallest absolute Gasteiger partial charge is 0.410 e. The van der Waals surface area contributed by atoms with Crippen molar-refractivity contribution in [2.45, 2.75) is 51.7 Å². The number of rotatable bonds is 2. The van der Waals surface area contributed by atoms with E-state index < -0.39 is 5.60 Å². The van der Waals surface area contributed by atoms with Gasteiger partial charge in [0, 0.05) is 19.0 Å². The van der Waals surface area contributed by atoms with Crippen LogP contribution in [0.4, 0.5) is 4.79 Å². The number of amides is 1. The largest absolute Gasteiger partial charge is 0.444 e. The van der Waals surface area contributed by atoms with Gasteiger partial charge in [-0.25, -0.2) is 4.79 Å². The molecule has 0 bridgehead atoms. The average molecular weight is 241 g/mol. The zero-order valence-electron chi connectivity index (χ0n) is 11.1. The Bertz CT molecular complexity index is 309. The van der Waals surface area contributed by atoms with Gasteiger partial charge in [0.1, 0.15) is 5.60 Å². The molecule has 17 heavy (non-hydrogen) atoms. The van der Waals surface area contributed by atoms with Gasteiger partial charge in [-0.05, 0) is 33.6 Å². The summed E-state index contributed by atoms with van der Waals surface area (Å²) in [7, 11) is 1.72. The molecule has 2 unspecified atom stereocenters. The van der Waals surface area contributed by atoms with Crippen molar-refractivity contribution in [1.82, 2.24) is 4.90 Å². The predicted octanol–water partition coefficient (Wildman–Crippen LogP) is 1.96. The number of nitrogens with one attached hydrogen (secondary N) is 1. The molecule has 1 aliphatic rings. The lowest BCUT2D eigenvalue weighted by atomic mass is 10.0. The Hall–Kier alpha value is -1.26. The van der Waals surface area contributed by atoms with Gasteiger partial charge in [0.2, 0.25) is 0 Å². The van der Waals surface area contributed by atoms with E-state index in [0.717, 1.165) is 19.3 Å². The van der Waals surface area contributed by atoms with Gasteiger partial charge in [-0.1, -0.05) is 6.42 Å². The highest BCUT2D eigenvalue weighted by molar-refractivity contribution is 5.81. The van der Waals surface area contributed by atoms with Gasteiger partial charge in [0.25, 0.3) is 0 Å². The summed E-state index contributed by atoms with van der Waals surface area (Å²) in [4.78, 5) is 13.5. The topological polar surface area (TPSA) is 79.4 Å². The molecule has 5 heteroatoms. The van der Waals surface area contributed by atoms with Crippen LogP contribution in [0.15, 0.2) is 0 Å². The van der Waals surface area contributed by atoms with Crippen LogP contribution in [0.2, 0.25) is 0 Å². The molecule has 1 aliphatic carbocycles. The molecule has 1 rings (SSSR count). The van der Waals surface area contributed by atoms with Crippen LogP contribution in [-0.2, 0) is 4.74 Å². The first-order valence-corrected chi connectivity index (χ1v) is 6.02. The molecule has 0 aromatic carbocycles. The van der Waals surface area contributed by atoms with E-state index in [0.29, 0.717) is 0 Å². The maximum absolute atomic E-state index is 11.9. The van der Waals surface area contributed by atoms with Crippen LogP contribution in [0.1, 0.15) is 40.0 Å². The van der Waals surface area contributed by atoms with Gasteiger partial charge < -0.3 is 15.4 Å². The summed E-state index contributed by atoms with van der Waals surface area (Å²) in [6, 6.07) is 0.00218. The zero-order valence-corrected chi connectivity index (χ0v) is 11.1. The Balaban J connectivity index is 2.66.